The quantitative estimate of drug-likeness (QED) is 0.464. The van der Waals surface area contributed by atoms with Crippen LogP contribution >= 0.6 is 0 Å². The number of hydrogen-bond acceptors (Lipinski definition) is 5. The van der Waals surface area contributed by atoms with Crippen molar-refractivity contribution in [2.75, 3.05) is 5.75 Å². The maximum Gasteiger partial charge on any atom is 0.319 e. The summed E-state index contributed by atoms with van der Waals surface area (Å²) in [7, 11) is -1.82. The summed E-state index contributed by atoms with van der Waals surface area (Å²) >= 11 is 0. The number of rotatable bonds is 6. The van der Waals surface area contributed by atoms with Gasteiger partial charge in [-0.25, -0.2) is 0 Å². The highest BCUT2D eigenvalue weighted by atomic mass is 32.2. The Morgan fingerprint density at radius 1 is 1.09 bits per heavy atom. The largest absolute Gasteiger partial charge is 0.460 e. The summed E-state index contributed by atoms with van der Waals surface area (Å²) in [6, 6.07) is 14.7. The fraction of sp³-hybridized carbons (Fsp3) is 0.133. The number of benzene rings is 2. The van der Waals surface area contributed by atoms with Crippen LogP contribution in [0.25, 0.3) is 0 Å². The molecule has 2 aromatic carbocycles. The maximum absolute atomic E-state index is 12.1. The molecule has 0 aliphatic heterocycles. The van der Waals surface area contributed by atoms with E-state index in [1.54, 1.807) is 12.1 Å². The molecule has 6 nitrogen and oxygen atoms in total. The van der Waals surface area contributed by atoms with E-state index >= 15 is 0 Å². The molecule has 114 valence electrons. The van der Waals surface area contributed by atoms with Crippen molar-refractivity contribution in [1.29, 1.82) is 0 Å². The average Bonchev–Trinajstić information content (AvgIpc) is 2.54. The van der Waals surface area contributed by atoms with Crippen molar-refractivity contribution in [3.05, 3.63) is 70.3 Å². The van der Waals surface area contributed by atoms with Gasteiger partial charge in [0.25, 0.3) is 5.69 Å². The SMILES string of the molecule is O=C(C[S@](=O)c1ccccc1[N+](=O)[O-])OCc1ccccc1. The first-order valence-electron chi connectivity index (χ1n) is 6.39. The summed E-state index contributed by atoms with van der Waals surface area (Å²) in [5.41, 5.74) is 0.545. The van der Waals surface area contributed by atoms with Gasteiger partial charge in [0.05, 0.1) is 15.7 Å². The zero-order valence-corrected chi connectivity index (χ0v) is 12.3. The van der Waals surface area contributed by atoms with Gasteiger partial charge in [0.2, 0.25) is 0 Å². The zero-order chi connectivity index (χ0) is 15.9. The van der Waals surface area contributed by atoms with Gasteiger partial charge >= 0.3 is 5.97 Å². The van der Waals surface area contributed by atoms with E-state index in [1.165, 1.54) is 24.3 Å². The van der Waals surface area contributed by atoms with E-state index in [4.69, 9.17) is 4.74 Å². The van der Waals surface area contributed by atoms with Crippen LogP contribution in [0.3, 0.4) is 0 Å². The lowest BCUT2D eigenvalue weighted by molar-refractivity contribution is -0.387. The van der Waals surface area contributed by atoms with Crippen LogP contribution in [0.5, 0.6) is 0 Å². The molecule has 0 radical (unpaired) electrons. The minimum absolute atomic E-state index is 0.0177. The van der Waals surface area contributed by atoms with Gasteiger partial charge in [-0.15, -0.1) is 0 Å². The molecule has 0 saturated heterocycles. The summed E-state index contributed by atoms with van der Waals surface area (Å²) in [4.78, 5) is 22.0. The monoisotopic (exact) mass is 319 g/mol. The van der Waals surface area contributed by atoms with Crippen LogP contribution < -0.4 is 0 Å². The Hall–Kier alpha value is -2.54. The third-order valence-corrected chi connectivity index (χ3v) is 4.13. The second-order valence-electron chi connectivity index (χ2n) is 4.36. The van der Waals surface area contributed by atoms with Crippen molar-refractivity contribution in [3.8, 4) is 0 Å². The van der Waals surface area contributed by atoms with Crippen molar-refractivity contribution in [2.45, 2.75) is 11.5 Å². The summed E-state index contributed by atoms with van der Waals surface area (Å²) < 4.78 is 17.1. The molecule has 7 heteroatoms. The van der Waals surface area contributed by atoms with Gasteiger partial charge in [-0.3, -0.25) is 19.1 Å². The number of esters is 1. The smallest absolute Gasteiger partial charge is 0.319 e. The van der Waals surface area contributed by atoms with E-state index in [9.17, 15) is 19.1 Å². The number of nitrogens with zero attached hydrogens (tertiary/aromatic N) is 1. The normalized spacial score (nSPS) is 11.6. The molecular weight excluding hydrogens is 306 g/mol. The van der Waals surface area contributed by atoms with E-state index in [0.717, 1.165) is 5.56 Å². The second-order valence-corrected chi connectivity index (χ2v) is 5.78. The Morgan fingerprint density at radius 2 is 1.73 bits per heavy atom. The predicted molar refractivity (Wildman–Crippen MR) is 80.6 cm³/mol. The molecule has 0 aliphatic rings. The zero-order valence-electron chi connectivity index (χ0n) is 11.5. The highest BCUT2D eigenvalue weighted by Crippen LogP contribution is 2.21. The van der Waals surface area contributed by atoms with Crippen LogP contribution in [-0.4, -0.2) is 20.9 Å². The number of hydrogen-bond donors (Lipinski definition) is 0. The topological polar surface area (TPSA) is 86.5 Å². The molecule has 1 atom stereocenters. The van der Waals surface area contributed by atoms with Crippen molar-refractivity contribution in [1.82, 2.24) is 0 Å². The third kappa shape index (κ3) is 4.23. The Balaban J connectivity index is 1.97. The molecule has 2 rings (SSSR count). The van der Waals surface area contributed by atoms with Gasteiger partial charge in [-0.05, 0) is 11.6 Å². The van der Waals surface area contributed by atoms with Crippen LogP contribution in [0.15, 0.2) is 59.5 Å². The van der Waals surface area contributed by atoms with Gasteiger partial charge in [0.15, 0.2) is 0 Å². The molecule has 0 N–H and O–H groups in total. The molecule has 0 unspecified atom stereocenters. The predicted octanol–water partition coefficient (Wildman–Crippen LogP) is 2.45. The second kappa shape index (κ2) is 7.46. The Kier molecular flexibility index (Phi) is 5.37. The van der Waals surface area contributed by atoms with Gasteiger partial charge in [-0.2, -0.15) is 0 Å². The van der Waals surface area contributed by atoms with Crippen LogP contribution in [0.2, 0.25) is 0 Å². The van der Waals surface area contributed by atoms with E-state index in [2.05, 4.69) is 0 Å². The molecule has 2 aromatic rings. The fourth-order valence-electron chi connectivity index (χ4n) is 1.77. The lowest BCUT2D eigenvalue weighted by Crippen LogP contribution is -2.15. The number of carbonyl (C=O) groups excluding carboxylic acids is 1. The molecule has 0 amide bonds. The van der Waals surface area contributed by atoms with E-state index in [0.29, 0.717) is 0 Å². The van der Waals surface area contributed by atoms with Crippen LogP contribution in [-0.2, 0) is 26.9 Å². The summed E-state index contributed by atoms with van der Waals surface area (Å²) in [5.74, 6) is -1.09. The minimum Gasteiger partial charge on any atom is -0.460 e. The van der Waals surface area contributed by atoms with Gasteiger partial charge < -0.3 is 4.74 Å². The minimum atomic E-state index is -1.82. The van der Waals surface area contributed by atoms with E-state index < -0.39 is 27.4 Å². The third-order valence-electron chi connectivity index (χ3n) is 2.80. The Morgan fingerprint density at radius 3 is 2.41 bits per heavy atom. The van der Waals surface area contributed by atoms with Crippen molar-refractivity contribution in [3.63, 3.8) is 0 Å². The number of para-hydroxylation sites is 1. The number of nitro benzene ring substituents is 1. The molecule has 0 bridgehead atoms. The summed E-state index contributed by atoms with van der Waals surface area (Å²) in [6.07, 6.45) is 0. The van der Waals surface area contributed by atoms with E-state index in [-0.39, 0.29) is 17.2 Å². The van der Waals surface area contributed by atoms with Crippen molar-refractivity contribution >= 4 is 22.5 Å². The molecule has 0 spiro atoms. The van der Waals surface area contributed by atoms with Crippen molar-refractivity contribution in [2.24, 2.45) is 0 Å². The lowest BCUT2D eigenvalue weighted by Gasteiger charge is -2.05. The fourth-order valence-corrected chi connectivity index (χ4v) is 2.82. The van der Waals surface area contributed by atoms with Crippen LogP contribution in [0, 0.1) is 10.1 Å². The summed E-state index contributed by atoms with van der Waals surface area (Å²) in [6.45, 7) is 0.0771. The molecule has 0 aliphatic carbocycles. The first-order valence-corrected chi connectivity index (χ1v) is 7.71. The Labute approximate surface area is 129 Å². The maximum atomic E-state index is 12.1. The van der Waals surface area contributed by atoms with Crippen molar-refractivity contribution < 1.29 is 18.7 Å². The van der Waals surface area contributed by atoms with Gasteiger partial charge in [0.1, 0.15) is 17.3 Å². The van der Waals surface area contributed by atoms with Gasteiger partial charge in [-0.1, -0.05) is 42.5 Å². The molecule has 0 fully saturated rings. The van der Waals surface area contributed by atoms with Crippen LogP contribution in [0.4, 0.5) is 5.69 Å². The highest BCUT2D eigenvalue weighted by molar-refractivity contribution is 7.85. The van der Waals surface area contributed by atoms with E-state index in [1.807, 2.05) is 18.2 Å². The number of nitro groups is 1. The molecule has 0 aromatic heterocycles. The van der Waals surface area contributed by atoms with Gasteiger partial charge in [0, 0.05) is 6.07 Å². The molecular formula is C15H13NO5S. The number of ether oxygens (including phenoxy) is 1. The highest BCUT2D eigenvalue weighted by Gasteiger charge is 2.20. The molecule has 0 saturated carbocycles. The Bertz CT molecular complexity index is 702. The molecule has 22 heavy (non-hydrogen) atoms. The first-order chi connectivity index (χ1) is 10.6. The van der Waals surface area contributed by atoms with Crippen LogP contribution in [0.1, 0.15) is 5.56 Å². The number of carbonyl (C=O) groups is 1. The first kappa shape index (κ1) is 15.8. The molecule has 0 heterocycles. The average molecular weight is 319 g/mol. The summed E-state index contributed by atoms with van der Waals surface area (Å²) in [5, 5.41) is 10.9. The standard InChI is InChI=1S/C15H13NO5S/c17-15(21-10-12-6-2-1-3-7-12)11-22(20)14-9-5-4-8-13(14)16(18)19/h1-9H,10-11H2/t22-/m0/s1. The lowest BCUT2D eigenvalue weighted by atomic mass is 10.2.